The van der Waals surface area contributed by atoms with E-state index < -0.39 is 0 Å². The normalized spacial score (nSPS) is 10.8. The minimum atomic E-state index is -0.320. The van der Waals surface area contributed by atoms with Crippen LogP contribution in [-0.2, 0) is 6.54 Å². The lowest BCUT2D eigenvalue weighted by molar-refractivity contribution is 0.416. The molecule has 0 unspecified atom stereocenters. The van der Waals surface area contributed by atoms with Crippen molar-refractivity contribution >= 4 is 10.9 Å². The fraction of sp³-hybridized carbons (Fsp3) is 0.200. The van der Waals surface area contributed by atoms with Crippen LogP contribution in [0.4, 0.5) is 4.39 Å². The molecule has 0 aliphatic carbocycles. The average molecular weight is 194 g/mol. The molecule has 0 radical (unpaired) electrons. The van der Waals surface area contributed by atoms with Gasteiger partial charge in [0.2, 0.25) is 0 Å². The Kier molecular flexibility index (Phi) is 2.13. The highest BCUT2D eigenvalue weighted by atomic mass is 19.1. The molecular formula is C10H11FN2O. The molecule has 0 amide bonds. The van der Waals surface area contributed by atoms with Crippen molar-refractivity contribution in [1.29, 1.82) is 0 Å². The first-order valence-corrected chi connectivity index (χ1v) is 4.30. The maximum absolute atomic E-state index is 13.1. The number of rotatable bonds is 2. The second-order valence-electron chi connectivity index (χ2n) is 3.07. The van der Waals surface area contributed by atoms with Gasteiger partial charge in [0.25, 0.3) is 0 Å². The smallest absolute Gasteiger partial charge is 0.131 e. The number of fused-ring (bicyclic) bond motifs is 1. The molecule has 0 saturated carbocycles. The molecule has 0 atom stereocenters. The van der Waals surface area contributed by atoms with Gasteiger partial charge in [0.05, 0.1) is 12.6 Å². The zero-order chi connectivity index (χ0) is 10.1. The number of ether oxygens (including phenoxy) is 1. The van der Waals surface area contributed by atoms with E-state index in [1.54, 1.807) is 0 Å². The van der Waals surface area contributed by atoms with E-state index in [0.717, 1.165) is 11.1 Å². The van der Waals surface area contributed by atoms with E-state index in [0.29, 0.717) is 17.8 Å². The number of benzene rings is 1. The van der Waals surface area contributed by atoms with Crippen molar-refractivity contribution in [2.75, 3.05) is 7.11 Å². The van der Waals surface area contributed by atoms with Crippen LogP contribution in [0.1, 0.15) is 5.69 Å². The number of H-pyrrole nitrogens is 1. The van der Waals surface area contributed by atoms with Crippen molar-refractivity contribution in [3.05, 3.63) is 29.7 Å². The predicted molar refractivity (Wildman–Crippen MR) is 52.7 cm³/mol. The van der Waals surface area contributed by atoms with Crippen molar-refractivity contribution in [3.8, 4) is 5.75 Å². The number of aromatic nitrogens is 1. The first kappa shape index (κ1) is 9.02. The van der Waals surface area contributed by atoms with Crippen LogP contribution in [0.25, 0.3) is 10.9 Å². The van der Waals surface area contributed by atoms with Gasteiger partial charge >= 0.3 is 0 Å². The molecule has 3 N–H and O–H groups in total. The fourth-order valence-corrected chi connectivity index (χ4v) is 1.51. The number of halogens is 1. The number of nitrogens with two attached hydrogens (primary N) is 1. The lowest BCUT2D eigenvalue weighted by atomic mass is 10.2. The van der Waals surface area contributed by atoms with Crippen LogP contribution in [0.3, 0.4) is 0 Å². The summed E-state index contributed by atoms with van der Waals surface area (Å²) in [6.07, 6.45) is 0. The Morgan fingerprint density at radius 2 is 2.21 bits per heavy atom. The Balaban J connectivity index is 2.71. The molecule has 2 rings (SSSR count). The van der Waals surface area contributed by atoms with E-state index in [9.17, 15) is 4.39 Å². The molecule has 0 aliphatic rings. The maximum atomic E-state index is 13.1. The molecule has 4 heteroatoms. The van der Waals surface area contributed by atoms with Crippen LogP contribution in [0.15, 0.2) is 18.2 Å². The van der Waals surface area contributed by atoms with Crippen molar-refractivity contribution in [2.45, 2.75) is 6.54 Å². The summed E-state index contributed by atoms with van der Waals surface area (Å²) in [7, 11) is 1.52. The van der Waals surface area contributed by atoms with Gasteiger partial charge in [-0.15, -0.1) is 0 Å². The van der Waals surface area contributed by atoms with Gasteiger partial charge in [-0.2, -0.15) is 0 Å². The minimum absolute atomic E-state index is 0.320. The molecule has 2 aromatic rings. The quantitative estimate of drug-likeness (QED) is 0.765. The second-order valence-corrected chi connectivity index (χ2v) is 3.07. The highest BCUT2D eigenvalue weighted by Gasteiger charge is 2.07. The van der Waals surface area contributed by atoms with Gasteiger partial charge in [-0.3, -0.25) is 0 Å². The largest absolute Gasteiger partial charge is 0.496 e. The van der Waals surface area contributed by atoms with E-state index in [1.807, 2.05) is 6.07 Å². The fourth-order valence-electron chi connectivity index (χ4n) is 1.51. The third kappa shape index (κ3) is 1.33. The highest BCUT2D eigenvalue weighted by Crippen LogP contribution is 2.27. The van der Waals surface area contributed by atoms with Crippen LogP contribution in [0, 0.1) is 5.82 Å². The zero-order valence-electron chi connectivity index (χ0n) is 7.80. The van der Waals surface area contributed by atoms with Gasteiger partial charge in [-0.25, -0.2) is 4.39 Å². The number of methoxy groups -OCH3 is 1. The topological polar surface area (TPSA) is 51.0 Å². The first-order valence-electron chi connectivity index (χ1n) is 4.30. The predicted octanol–water partition coefficient (Wildman–Crippen LogP) is 1.77. The van der Waals surface area contributed by atoms with Gasteiger partial charge in [0.15, 0.2) is 0 Å². The van der Waals surface area contributed by atoms with Gasteiger partial charge in [-0.05, 0) is 12.1 Å². The summed E-state index contributed by atoms with van der Waals surface area (Å²) in [5.41, 5.74) is 7.05. The SMILES string of the molecule is COc1cc(F)cc2[nH]c(CN)cc12. The summed E-state index contributed by atoms with van der Waals surface area (Å²) in [4.78, 5) is 3.02. The van der Waals surface area contributed by atoms with Crippen molar-refractivity contribution in [2.24, 2.45) is 5.73 Å². The van der Waals surface area contributed by atoms with Crippen molar-refractivity contribution in [3.63, 3.8) is 0 Å². The molecule has 0 spiro atoms. The van der Waals surface area contributed by atoms with Crippen molar-refractivity contribution in [1.82, 2.24) is 4.98 Å². The standard InChI is InChI=1S/C10H11FN2O/c1-14-10-3-6(11)2-9-8(10)4-7(5-12)13-9/h2-4,13H,5,12H2,1H3. The zero-order valence-corrected chi connectivity index (χ0v) is 7.80. The molecule has 14 heavy (non-hydrogen) atoms. The Bertz CT molecular complexity index is 464. The van der Waals surface area contributed by atoms with Crippen LogP contribution in [0.2, 0.25) is 0 Å². The third-order valence-corrected chi connectivity index (χ3v) is 2.16. The molecule has 0 saturated heterocycles. The molecule has 0 aliphatic heterocycles. The summed E-state index contributed by atoms with van der Waals surface area (Å²) >= 11 is 0. The van der Waals surface area contributed by atoms with Crippen LogP contribution in [0.5, 0.6) is 5.75 Å². The van der Waals surface area contributed by atoms with E-state index >= 15 is 0 Å². The Morgan fingerprint density at radius 3 is 2.86 bits per heavy atom. The number of aromatic amines is 1. The molecule has 0 fully saturated rings. The minimum Gasteiger partial charge on any atom is -0.496 e. The summed E-state index contributed by atoms with van der Waals surface area (Å²) in [5.74, 6) is 0.204. The van der Waals surface area contributed by atoms with Gasteiger partial charge < -0.3 is 15.5 Å². The molecule has 1 aromatic carbocycles. The Hall–Kier alpha value is -1.55. The first-order chi connectivity index (χ1) is 6.74. The molecule has 74 valence electrons. The van der Waals surface area contributed by atoms with Crippen LogP contribution in [-0.4, -0.2) is 12.1 Å². The lowest BCUT2D eigenvalue weighted by Crippen LogP contribution is -1.94. The van der Waals surface area contributed by atoms with Gasteiger partial charge in [0, 0.05) is 23.7 Å². The van der Waals surface area contributed by atoms with Crippen LogP contribution >= 0.6 is 0 Å². The molecule has 1 heterocycles. The van der Waals surface area contributed by atoms with E-state index in [2.05, 4.69) is 4.98 Å². The summed E-state index contributed by atoms with van der Waals surface area (Å²) in [6, 6.07) is 4.65. The van der Waals surface area contributed by atoms with E-state index in [1.165, 1.54) is 19.2 Å². The van der Waals surface area contributed by atoms with Crippen molar-refractivity contribution < 1.29 is 9.13 Å². The summed E-state index contributed by atoms with van der Waals surface area (Å²) in [5, 5.41) is 0.856. The van der Waals surface area contributed by atoms with Crippen LogP contribution < -0.4 is 10.5 Å². The number of hydrogen-bond acceptors (Lipinski definition) is 2. The Labute approximate surface area is 80.7 Å². The van der Waals surface area contributed by atoms with Gasteiger partial charge in [0.1, 0.15) is 11.6 Å². The number of hydrogen-bond donors (Lipinski definition) is 2. The maximum Gasteiger partial charge on any atom is 0.131 e. The average Bonchev–Trinajstić information content (AvgIpc) is 2.59. The molecule has 1 aromatic heterocycles. The van der Waals surface area contributed by atoms with E-state index in [-0.39, 0.29) is 5.82 Å². The molecular weight excluding hydrogens is 183 g/mol. The van der Waals surface area contributed by atoms with Gasteiger partial charge in [-0.1, -0.05) is 0 Å². The van der Waals surface area contributed by atoms with E-state index in [4.69, 9.17) is 10.5 Å². The monoisotopic (exact) mass is 194 g/mol. The summed E-state index contributed by atoms with van der Waals surface area (Å²) in [6.45, 7) is 0.402. The summed E-state index contributed by atoms with van der Waals surface area (Å²) < 4.78 is 18.1. The third-order valence-electron chi connectivity index (χ3n) is 2.16. The Morgan fingerprint density at radius 1 is 1.43 bits per heavy atom. The number of nitrogens with one attached hydrogen (secondary N) is 1. The second kappa shape index (κ2) is 3.31. The molecule has 0 bridgehead atoms. The lowest BCUT2D eigenvalue weighted by Gasteiger charge is -2.00. The molecule has 3 nitrogen and oxygen atoms in total. The highest BCUT2D eigenvalue weighted by molar-refractivity contribution is 5.86.